The van der Waals surface area contributed by atoms with Crippen molar-refractivity contribution in [2.75, 3.05) is 4.43 Å². The highest BCUT2D eigenvalue weighted by molar-refractivity contribution is 14.1. The van der Waals surface area contributed by atoms with Crippen molar-refractivity contribution in [2.24, 2.45) is 0 Å². The lowest BCUT2D eigenvalue weighted by molar-refractivity contribution is 0.262. The Balaban J connectivity index is 2.30. The molecule has 1 aliphatic rings. The Morgan fingerprint density at radius 3 is 3.17 bits per heavy atom. The van der Waals surface area contributed by atoms with Crippen molar-refractivity contribution in [1.82, 2.24) is 0 Å². The Morgan fingerprint density at radius 2 is 2.42 bits per heavy atom. The van der Waals surface area contributed by atoms with E-state index in [1.165, 1.54) is 6.07 Å². The summed E-state index contributed by atoms with van der Waals surface area (Å²) in [6, 6.07) is 4.70. The fraction of sp³-hybridized carbons (Fsp3) is 0.333. The van der Waals surface area contributed by atoms with Gasteiger partial charge in [-0.05, 0) is 18.2 Å². The first-order valence-corrected chi connectivity index (χ1v) is 5.33. The number of ether oxygens (including phenoxy) is 1. The van der Waals surface area contributed by atoms with Gasteiger partial charge in [-0.25, -0.2) is 4.39 Å². The van der Waals surface area contributed by atoms with Crippen LogP contribution in [0.2, 0.25) is 0 Å². The molecule has 0 saturated heterocycles. The first-order chi connectivity index (χ1) is 5.79. The number of hydrogen-bond acceptors (Lipinski definition) is 1. The minimum Gasteiger partial charge on any atom is -0.489 e. The van der Waals surface area contributed by atoms with Crippen LogP contribution in [0.5, 0.6) is 5.75 Å². The van der Waals surface area contributed by atoms with Crippen molar-refractivity contribution >= 4 is 22.6 Å². The van der Waals surface area contributed by atoms with E-state index in [0.29, 0.717) is 0 Å². The van der Waals surface area contributed by atoms with E-state index in [1.54, 1.807) is 12.1 Å². The van der Waals surface area contributed by atoms with E-state index in [4.69, 9.17) is 4.74 Å². The summed E-state index contributed by atoms with van der Waals surface area (Å²) in [4.78, 5) is 0. The Morgan fingerprint density at radius 1 is 1.58 bits per heavy atom. The molecule has 1 nitrogen and oxygen atoms in total. The second kappa shape index (κ2) is 3.20. The van der Waals surface area contributed by atoms with E-state index in [0.717, 1.165) is 22.2 Å². The lowest BCUT2D eigenvalue weighted by atomic mass is 10.1. The molecule has 1 heterocycles. The van der Waals surface area contributed by atoms with Crippen LogP contribution in [0.4, 0.5) is 4.39 Å². The topological polar surface area (TPSA) is 9.23 Å². The maximum atomic E-state index is 12.7. The van der Waals surface area contributed by atoms with Crippen LogP contribution >= 0.6 is 22.6 Å². The molecule has 3 heteroatoms. The van der Waals surface area contributed by atoms with Crippen LogP contribution in [0.3, 0.4) is 0 Å². The zero-order valence-electron chi connectivity index (χ0n) is 6.39. The molecule has 0 aromatic heterocycles. The quantitative estimate of drug-likeness (QED) is 0.566. The monoisotopic (exact) mass is 278 g/mol. The van der Waals surface area contributed by atoms with Gasteiger partial charge in [0.05, 0.1) is 0 Å². The van der Waals surface area contributed by atoms with Crippen molar-refractivity contribution in [2.45, 2.75) is 12.5 Å². The summed E-state index contributed by atoms with van der Waals surface area (Å²) in [5.74, 6) is 0.671. The number of hydrogen-bond donors (Lipinski definition) is 0. The van der Waals surface area contributed by atoms with Crippen LogP contribution < -0.4 is 4.74 Å². The van der Waals surface area contributed by atoms with Gasteiger partial charge in [-0.3, -0.25) is 0 Å². The van der Waals surface area contributed by atoms with E-state index in [-0.39, 0.29) is 11.9 Å². The lowest BCUT2D eigenvalue weighted by Crippen LogP contribution is -2.13. The minimum absolute atomic E-state index is 0.175. The van der Waals surface area contributed by atoms with E-state index in [9.17, 15) is 4.39 Å². The van der Waals surface area contributed by atoms with Crippen molar-refractivity contribution in [3.63, 3.8) is 0 Å². The summed E-state index contributed by atoms with van der Waals surface area (Å²) in [7, 11) is 0. The zero-order chi connectivity index (χ0) is 8.55. The fourth-order valence-electron chi connectivity index (χ4n) is 1.38. The molecule has 1 atom stereocenters. The number of alkyl halides is 1. The van der Waals surface area contributed by atoms with Gasteiger partial charge in [-0.15, -0.1) is 0 Å². The van der Waals surface area contributed by atoms with E-state index in [1.807, 2.05) is 0 Å². The predicted octanol–water partition coefficient (Wildman–Crippen LogP) is 2.56. The Labute approximate surface area is 84.1 Å². The molecule has 64 valence electrons. The molecule has 1 aromatic rings. The summed E-state index contributed by atoms with van der Waals surface area (Å²) in [6.45, 7) is 0. The molecular formula is C9H8FIO. The molecule has 1 aliphatic heterocycles. The van der Waals surface area contributed by atoms with Crippen molar-refractivity contribution < 1.29 is 9.13 Å². The SMILES string of the molecule is Fc1ccc2c(c1)CC(CI)O2. The van der Waals surface area contributed by atoms with Gasteiger partial charge in [0, 0.05) is 16.4 Å². The third-order valence-electron chi connectivity index (χ3n) is 1.94. The first-order valence-electron chi connectivity index (χ1n) is 3.80. The molecule has 1 aromatic carbocycles. The number of benzene rings is 1. The summed E-state index contributed by atoms with van der Waals surface area (Å²) in [6.07, 6.45) is 1.08. The second-order valence-electron chi connectivity index (χ2n) is 2.85. The van der Waals surface area contributed by atoms with Gasteiger partial charge >= 0.3 is 0 Å². The van der Waals surface area contributed by atoms with Gasteiger partial charge in [0.2, 0.25) is 0 Å². The van der Waals surface area contributed by atoms with E-state index >= 15 is 0 Å². The second-order valence-corrected chi connectivity index (χ2v) is 3.73. The number of rotatable bonds is 1. The van der Waals surface area contributed by atoms with Gasteiger partial charge < -0.3 is 4.74 Å². The molecule has 12 heavy (non-hydrogen) atoms. The molecule has 0 radical (unpaired) electrons. The van der Waals surface area contributed by atoms with Crippen LogP contribution in [0, 0.1) is 5.82 Å². The highest BCUT2D eigenvalue weighted by Crippen LogP contribution is 2.29. The standard InChI is InChI=1S/C9H8FIO/c10-7-1-2-9-6(3-7)4-8(5-11)12-9/h1-3,8H,4-5H2. The average Bonchev–Trinajstić information content (AvgIpc) is 2.46. The maximum Gasteiger partial charge on any atom is 0.123 e. The molecule has 0 aliphatic carbocycles. The largest absolute Gasteiger partial charge is 0.489 e. The molecule has 0 bridgehead atoms. The van der Waals surface area contributed by atoms with Crippen molar-refractivity contribution in [3.05, 3.63) is 29.6 Å². The van der Waals surface area contributed by atoms with Gasteiger partial charge in [0.25, 0.3) is 0 Å². The third kappa shape index (κ3) is 1.42. The van der Waals surface area contributed by atoms with Crippen LogP contribution in [0.1, 0.15) is 5.56 Å². The molecule has 0 N–H and O–H groups in total. The number of halogens is 2. The summed E-state index contributed by atoms with van der Waals surface area (Å²) < 4.78 is 19.2. The third-order valence-corrected chi connectivity index (χ3v) is 2.92. The van der Waals surface area contributed by atoms with Gasteiger partial charge in [-0.1, -0.05) is 22.6 Å². The van der Waals surface area contributed by atoms with E-state index in [2.05, 4.69) is 22.6 Å². The van der Waals surface area contributed by atoms with Gasteiger partial charge in [0.1, 0.15) is 17.7 Å². The molecular weight excluding hydrogens is 270 g/mol. The molecule has 0 saturated carbocycles. The molecule has 0 spiro atoms. The number of fused-ring (bicyclic) bond motifs is 1. The Hall–Kier alpha value is -0.320. The highest BCUT2D eigenvalue weighted by atomic mass is 127. The highest BCUT2D eigenvalue weighted by Gasteiger charge is 2.21. The molecule has 0 amide bonds. The van der Waals surface area contributed by atoms with Crippen molar-refractivity contribution in [1.29, 1.82) is 0 Å². The lowest BCUT2D eigenvalue weighted by Gasteiger charge is -2.04. The molecule has 2 rings (SSSR count). The summed E-state index contributed by atoms with van der Waals surface area (Å²) in [5.41, 5.74) is 0.997. The fourth-order valence-corrected chi connectivity index (χ4v) is 1.87. The van der Waals surface area contributed by atoms with Crippen LogP contribution in [-0.4, -0.2) is 10.5 Å². The Bertz CT molecular complexity index is 301. The summed E-state index contributed by atoms with van der Waals surface area (Å²) >= 11 is 2.28. The molecule has 1 unspecified atom stereocenters. The van der Waals surface area contributed by atoms with Gasteiger partial charge in [0.15, 0.2) is 0 Å². The zero-order valence-corrected chi connectivity index (χ0v) is 8.55. The predicted molar refractivity (Wildman–Crippen MR) is 53.4 cm³/mol. The normalized spacial score (nSPS) is 20.3. The van der Waals surface area contributed by atoms with E-state index < -0.39 is 0 Å². The summed E-state index contributed by atoms with van der Waals surface area (Å²) in [5, 5.41) is 0. The van der Waals surface area contributed by atoms with Gasteiger partial charge in [-0.2, -0.15) is 0 Å². The Kier molecular flexibility index (Phi) is 2.21. The van der Waals surface area contributed by atoms with Crippen LogP contribution in [0.25, 0.3) is 0 Å². The maximum absolute atomic E-state index is 12.7. The molecule has 0 fully saturated rings. The van der Waals surface area contributed by atoms with Crippen molar-refractivity contribution in [3.8, 4) is 5.75 Å². The minimum atomic E-state index is -0.175. The first kappa shape index (κ1) is 8.29. The van der Waals surface area contributed by atoms with Crippen LogP contribution in [-0.2, 0) is 6.42 Å². The average molecular weight is 278 g/mol. The smallest absolute Gasteiger partial charge is 0.123 e. The van der Waals surface area contributed by atoms with Crippen LogP contribution in [0.15, 0.2) is 18.2 Å².